The largest absolute Gasteiger partial charge is 0.486 e. The Morgan fingerprint density at radius 3 is 2.83 bits per heavy atom. The molecule has 1 aliphatic heterocycles. The van der Waals surface area contributed by atoms with Crippen LogP contribution in [-0.4, -0.2) is 31.7 Å². The van der Waals surface area contributed by atoms with Crippen molar-refractivity contribution >= 4 is 28.2 Å². The highest BCUT2D eigenvalue weighted by molar-refractivity contribution is 7.14. The Kier molecular flexibility index (Phi) is 4.63. The fourth-order valence-corrected chi connectivity index (χ4v) is 2.80. The highest BCUT2D eigenvalue weighted by atomic mass is 32.1. The van der Waals surface area contributed by atoms with Gasteiger partial charge in [-0.05, 0) is 29.6 Å². The number of hydrogen-bond donors (Lipinski definition) is 1. The number of nitrogens with one attached hydrogen (secondary N) is 1. The van der Waals surface area contributed by atoms with E-state index in [2.05, 4.69) is 5.32 Å². The maximum Gasteiger partial charge on any atom is 0.338 e. The van der Waals surface area contributed by atoms with Gasteiger partial charge >= 0.3 is 5.97 Å². The molecule has 1 aromatic carbocycles. The first-order valence-electron chi connectivity index (χ1n) is 7.01. The average molecular weight is 344 g/mol. The van der Waals surface area contributed by atoms with Gasteiger partial charge in [0, 0.05) is 0 Å². The van der Waals surface area contributed by atoms with Crippen LogP contribution in [0, 0.1) is 11.3 Å². The number of nitriles is 1. The monoisotopic (exact) mass is 344 g/mol. The fourth-order valence-electron chi connectivity index (χ4n) is 2.04. The minimum atomic E-state index is -0.645. The summed E-state index contributed by atoms with van der Waals surface area (Å²) >= 11 is 1.22. The molecule has 2 aromatic rings. The average Bonchev–Trinajstić information content (AvgIpc) is 3.06. The van der Waals surface area contributed by atoms with E-state index in [1.807, 2.05) is 6.07 Å². The number of anilines is 1. The van der Waals surface area contributed by atoms with E-state index in [0.717, 1.165) is 0 Å². The number of ether oxygens (including phenoxy) is 3. The van der Waals surface area contributed by atoms with Crippen LogP contribution in [0.3, 0.4) is 0 Å². The molecule has 0 bridgehead atoms. The first-order chi connectivity index (χ1) is 11.7. The van der Waals surface area contributed by atoms with Crippen LogP contribution in [0.4, 0.5) is 5.00 Å². The van der Waals surface area contributed by atoms with E-state index >= 15 is 0 Å². The second kappa shape index (κ2) is 7.02. The molecule has 0 aliphatic carbocycles. The highest BCUT2D eigenvalue weighted by Crippen LogP contribution is 2.30. The first-order valence-corrected chi connectivity index (χ1v) is 7.89. The third-order valence-electron chi connectivity index (χ3n) is 3.15. The number of nitrogens with zero attached hydrogens (tertiary/aromatic N) is 1. The number of hydrogen-bond acceptors (Lipinski definition) is 7. The predicted molar refractivity (Wildman–Crippen MR) is 85.4 cm³/mol. The van der Waals surface area contributed by atoms with Gasteiger partial charge in [-0.2, -0.15) is 5.26 Å². The number of carbonyl (C=O) groups excluding carboxylic acids is 2. The zero-order chi connectivity index (χ0) is 16.9. The van der Waals surface area contributed by atoms with E-state index in [-0.39, 0.29) is 5.56 Å². The Labute approximate surface area is 141 Å². The van der Waals surface area contributed by atoms with Crippen LogP contribution in [0.1, 0.15) is 15.9 Å². The van der Waals surface area contributed by atoms with Gasteiger partial charge in [0.1, 0.15) is 24.3 Å². The van der Waals surface area contributed by atoms with Crippen LogP contribution in [0.15, 0.2) is 29.6 Å². The van der Waals surface area contributed by atoms with Crippen molar-refractivity contribution in [3.8, 4) is 17.6 Å². The Bertz CT molecular complexity index is 824. The number of benzene rings is 1. The maximum absolute atomic E-state index is 12.0. The van der Waals surface area contributed by atoms with Gasteiger partial charge in [-0.1, -0.05) is 0 Å². The molecule has 8 heteroatoms. The van der Waals surface area contributed by atoms with Crippen molar-refractivity contribution in [3.05, 3.63) is 40.8 Å². The second-order valence-electron chi connectivity index (χ2n) is 4.76. The lowest BCUT2D eigenvalue weighted by molar-refractivity contribution is -0.119. The van der Waals surface area contributed by atoms with E-state index in [1.165, 1.54) is 17.4 Å². The number of thiophene rings is 1. The number of esters is 1. The Morgan fingerprint density at radius 2 is 2.04 bits per heavy atom. The molecular weight excluding hydrogens is 332 g/mol. The van der Waals surface area contributed by atoms with Crippen LogP contribution in [0.5, 0.6) is 11.5 Å². The lowest BCUT2D eigenvalue weighted by Gasteiger charge is -2.18. The van der Waals surface area contributed by atoms with Gasteiger partial charge in [-0.15, -0.1) is 11.3 Å². The molecular formula is C16H12N2O5S. The summed E-state index contributed by atoms with van der Waals surface area (Å²) in [7, 11) is 0. The predicted octanol–water partition coefficient (Wildman–Crippen LogP) is 2.19. The quantitative estimate of drug-likeness (QED) is 0.854. The van der Waals surface area contributed by atoms with Gasteiger partial charge in [0.05, 0.1) is 11.1 Å². The molecule has 1 amide bonds. The Morgan fingerprint density at radius 1 is 1.25 bits per heavy atom. The molecule has 7 nitrogen and oxygen atoms in total. The topological polar surface area (TPSA) is 97.7 Å². The Hall–Kier alpha value is -3.05. The number of fused-ring (bicyclic) bond motifs is 1. The van der Waals surface area contributed by atoms with Crippen molar-refractivity contribution in [3.63, 3.8) is 0 Å². The zero-order valence-electron chi connectivity index (χ0n) is 12.4. The number of rotatable bonds is 4. The molecule has 0 fully saturated rings. The highest BCUT2D eigenvalue weighted by Gasteiger charge is 2.17. The molecule has 1 aromatic heterocycles. The van der Waals surface area contributed by atoms with E-state index in [1.54, 1.807) is 23.6 Å². The summed E-state index contributed by atoms with van der Waals surface area (Å²) in [6, 6.07) is 8.24. The van der Waals surface area contributed by atoms with E-state index < -0.39 is 18.5 Å². The molecule has 0 saturated carbocycles. The molecule has 0 unspecified atom stereocenters. The summed E-state index contributed by atoms with van der Waals surface area (Å²) < 4.78 is 15.7. The number of carbonyl (C=O) groups is 2. The molecule has 0 radical (unpaired) electrons. The van der Waals surface area contributed by atoms with E-state index in [9.17, 15) is 9.59 Å². The van der Waals surface area contributed by atoms with Crippen molar-refractivity contribution < 1.29 is 23.8 Å². The fraction of sp³-hybridized carbons (Fsp3) is 0.188. The van der Waals surface area contributed by atoms with Gasteiger partial charge in [-0.25, -0.2) is 4.79 Å². The molecule has 122 valence electrons. The summed E-state index contributed by atoms with van der Waals surface area (Å²) in [6.45, 7) is 0.427. The molecule has 3 rings (SSSR count). The molecule has 1 N–H and O–H groups in total. The van der Waals surface area contributed by atoms with Crippen LogP contribution in [0.25, 0.3) is 0 Å². The summed E-state index contributed by atoms with van der Waals surface area (Å²) in [6.07, 6.45) is 0. The lowest BCUT2D eigenvalue weighted by atomic mass is 10.2. The number of amides is 1. The third kappa shape index (κ3) is 3.47. The van der Waals surface area contributed by atoms with E-state index in [4.69, 9.17) is 19.5 Å². The van der Waals surface area contributed by atoms with Gasteiger partial charge in [0.15, 0.2) is 18.1 Å². The normalized spacial score (nSPS) is 12.1. The Balaban J connectivity index is 1.57. The summed E-state index contributed by atoms with van der Waals surface area (Å²) in [5, 5.41) is 13.5. The minimum Gasteiger partial charge on any atom is -0.486 e. The van der Waals surface area contributed by atoms with Crippen LogP contribution >= 0.6 is 11.3 Å². The van der Waals surface area contributed by atoms with Crippen molar-refractivity contribution in [2.45, 2.75) is 0 Å². The van der Waals surface area contributed by atoms with Crippen molar-refractivity contribution in [1.82, 2.24) is 0 Å². The third-order valence-corrected chi connectivity index (χ3v) is 3.98. The van der Waals surface area contributed by atoms with Crippen molar-refractivity contribution in [2.75, 3.05) is 25.1 Å². The van der Waals surface area contributed by atoms with E-state index in [0.29, 0.717) is 35.3 Å². The smallest absolute Gasteiger partial charge is 0.338 e. The van der Waals surface area contributed by atoms with Gasteiger partial charge in [-0.3, -0.25) is 4.79 Å². The second-order valence-corrected chi connectivity index (χ2v) is 5.67. The SMILES string of the molecule is N#Cc1ccsc1NC(=O)COC(=O)c1ccc2c(c1)OCCO2. The zero-order valence-corrected chi connectivity index (χ0v) is 13.2. The first kappa shape index (κ1) is 15.8. The van der Waals surface area contributed by atoms with Crippen LogP contribution in [0.2, 0.25) is 0 Å². The van der Waals surface area contributed by atoms with Gasteiger partial charge in [0.2, 0.25) is 0 Å². The molecule has 1 aliphatic rings. The van der Waals surface area contributed by atoms with Crippen molar-refractivity contribution in [2.24, 2.45) is 0 Å². The molecule has 0 atom stereocenters. The summed E-state index contributed by atoms with van der Waals surface area (Å²) in [5.74, 6) is -0.122. The molecule has 0 spiro atoms. The summed E-state index contributed by atoms with van der Waals surface area (Å²) in [4.78, 5) is 23.8. The van der Waals surface area contributed by atoms with Crippen molar-refractivity contribution in [1.29, 1.82) is 5.26 Å². The molecule has 2 heterocycles. The molecule has 24 heavy (non-hydrogen) atoms. The molecule has 0 saturated heterocycles. The van der Waals surface area contributed by atoms with Gasteiger partial charge in [0.25, 0.3) is 5.91 Å². The summed E-state index contributed by atoms with van der Waals surface area (Å²) in [5.41, 5.74) is 0.632. The standard InChI is InChI=1S/C16H12N2O5S/c17-8-11-3-6-24-15(11)18-14(19)9-23-16(20)10-1-2-12-13(7-10)22-5-4-21-12/h1-3,6-7H,4-5,9H2,(H,18,19). The lowest BCUT2D eigenvalue weighted by Crippen LogP contribution is -2.21. The van der Waals surface area contributed by atoms with Gasteiger partial charge < -0.3 is 19.5 Å². The minimum absolute atomic E-state index is 0.265. The maximum atomic E-state index is 12.0. The van der Waals surface area contributed by atoms with Crippen LogP contribution < -0.4 is 14.8 Å². The van der Waals surface area contributed by atoms with Crippen LogP contribution in [-0.2, 0) is 9.53 Å².